The molecule has 1 aromatic heterocycles. The zero-order chi connectivity index (χ0) is 29.2. The Kier molecular flexibility index (Phi) is 16.3. The Morgan fingerprint density at radius 2 is 1.45 bits per heavy atom. The Bertz CT molecular complexity index is 1010. The van der Waals surface area contributed by atoms with Gasteiger partial charge in [-0.1, -0.05) is 109 Å². The number of unbranched alkanes of at least 4 members (excludes halogenated alkanes) is 13. The Morgan fingerprint density at radius 3 is 2.00 bits per heavy atom. The van der Waals surface area contributed by atoms with Crippen molar-refractivity contribution >= 4 is 17.5 Å². The SMILES string of the molecule is CCCCCCCCCCCCCCCc1cccc(OC(CCCC)C(=O)Nc2nn(C)c(C(C)=O)c2C)c1. The molecule has 0 saturated carbocycles. The van der Waals surface area contributed by atoms with E-state index in [1.54, 1.807) is 14.0 Å². The number of carbonyl (C=O) groups excluding carboxylic acids is 2. The highest BCUT2D eigenvalue weighted by molar-refractivity contribution is 5.98. The van der Waals surface area contributed by atoms with Crippen molar-refractivity contribution in [2.45, 2.75) is 143 Å². The first-order valence-electron chi connectivity index (χ1n) is 16.0. The van der Waals surface area contributed by atoms with Crippen LogP contribution in [0.25, 0.3) is 0 Å². The van der Waals surface area contributed by atoms with Crippen molar-refractivity contribution in [3.63, 3.8) is 0 Å². The van der Waals surface area contributed by atoms with Gasteiger partial charge in [-0.25, -0.2) is 0 Å². The number of Topliss-reactive ketones (excluding diaryl/α,β-unsaturated/α-hetero) is 1. The van der Waals surface area contributed by atoms with Crippen LogP contribution in [0.3, 0.4) is 0 Å². The fourth-order valence-corrected chi connectivity index (χ4v) is 5.36. The Labute approximate surface area is 243 Å². The standard InChI is InChI=1S/C34H55N3O3/c1-6-8-10-11-12-13-14-15-16-17-18-19-20-22-29-23-21-24-30(26-29)40-31(25-9-7-2)34(39)35-33-27(3)32(28(4)38)37(5)36-33/h21,23-24,26,31H,6-20,22,25H2,1-5H3,(H,35,36,39). The third kappa shape index (κ3) is 12.3. The predicted molar refractivity (Wildman–Crippen MR) is 166 cm³/mol. The number of anilines is 1. The van der Waals surface area contributed by atoms with Gasteiger partial charge in [0.2, 0.25) is 0 Å². The summed E-state index contributed by atoms with van der Waals surface area (Å²) in [6.45, 7) is 7.70. The number of benzene rings is 1. The first-order chi connectivity index (χ1) is 19.4. The molecule has 0 radical (unpaired) electrons. The van der Waals surface area contributed by atoms with Gasteiger partial charge in [-0.3, -0.25) is 14.3 Å². The Hall–Kier alpha value is -2.63. The molecule has 6 heteroatoms. The van der Waals surface area contributed by atoms with E-state index in [-0.39, 0.29) is 11.7 Å². The van der Waals surface area contributed by atoms with Gasteiger partial charge >= 0.3 is 0 Å². The van der Waals surface area contributed by atoms with Gasteiger partial charge in [0.1, 0.15) is 11.4 Å². The summed E-state index contributed by atoms with van der Waals surface area (Å²) in [7, 11) is 1.72. The van der Waals surface area contributed by atoms with Crippen molar-refractivity contribution in [1.82, 2.24) is 9.78 Å². The molecule has 0 bridgehead atoms. The molecule has 1 N–H and O–H groups in total. The maximum atomic E-state index is 13.2. The lowest BCUT2D eigenvalue weighted by Crippen LogP contribution is -2.33. The summed E-state index contributed by atoms with van der Waals surface area (Å²) in [5.74, 6) is 0.836. The number of aromatic nitrogens is 2. The van der Waals surface area contributed by atoms with Gasteiger partial charge in [-0.05, 0) is 50.3 Å². The molecule has 1 heterocycles. The van der Waals surface area contributed by atoms with Crippen LogP contribution in [0.15, 0.2) is 24.3 Å². The van der Waals surface area contributed by atoms with E-state index in [0.29, 0.717) is 23.5 Å². The quantitative estimate of drug-likeness (QED) is 0.117. The fraction of sp³-hybridized carbons (Fsp3) is 0.676. The average Bonchev–Trinajstić information content (AvgIpc) is 3.21. The monoisotopic (exact) mass is 553 g/mol. The highest BCUT2D eigenvalue weighted by Crippen LogP contribution is 2.22. The van der Waals surface area contributed by atoms with Crippen LogP contribution in [0.4, 0.5) is 5.82 Å². The van der Waals surface area contributed by atoms with Gasteiger partial charge in [0.25, 0.3) is 5.91 Å². The summed E-state index contributed by atoms with van der Waals surface area (Å²) in [6.07, 6.45) is 20.5. The summed E-state index contributed by atoms with van der Waals surface area (Å²) in [4.78, 5) is 25.1. The zero-order valence-corrected chi connectivity index (χ0v) is 26.0. The molecule has 224 valence electrons. The minimum absolute atomic E-state index is 0.0768. The van der Waals surface area contributed by atoms with Crippen LogP contribution in [0.2, 0.25) is 0 Å². The number of amides is 1. The summed E-state index contributed by atoms with van der Waals surface area (Å²) >= 11 is 0. The molecule has 0 spiro atoms. The predicted octanol–water partition coefficient (Wildman–Crippen LogP) is 9.14. The number of nitrogens with zero attached hydrogens (tertiary/aromatic N) is 2. The normalized spacial score (nSPS) is 11.9. The third-order valence-corrected chi connectivity index (χ3v) is 7.72. The molecule has 0 saturated heterocycles. The number of hydrogen-bond donors (Lipinski definition) is 1. The van der Waals surface area contributed by atoms with Crippen LogP contribution in [0.5, 0.6) is 5.75 Å². The number of nitrogens with one attached hydrogen (secondary N) is 1. The van der Waals surface area contributed by atoms with Crippen molar-refractivity contribution in [2.75, 3.05) is 5.32 Å². The van der Waals surface area contributed by atoms with E-state index in [1.807, 2.05) is 12.1 Å². The molecule has 2 aromatic rings. The number of hydrogen-bond acceptors (Lipinski definition) is 4. The lowest BCUT2D eigenvalue weighted by Gasteiger charge is -2.19. The van der Waals surface area contributed by atoms with Crippen molar-refractivity contribution in [3.8, 4) is 5.75 Å². The molecule has 0 aliphatic rings. The first kappa shape index (κ1) is 33.6. The highest BCUT2D eigenvalue weighted by Gasteiger charge is 2.24. The molecular formula is C34H55N3O3. The van der Waals surface area contributed by atoms with E-state index in [1.165, 1.54) is 101 Å². The lowest BCUT2D eigenvalue weighted by atomic mass is 10.0. The van der Waals surface area contributed by atoms with Gasteiger partial charge in [0.15, 0.2) is 17.7 Å². The van der Waals surface area contributed by atoms with Crippen LogP contribution < -0.4 is 10.1 Å². The minimum Gasteiger partial charge on any atom is -0.481 e. The number of ether oxygens (including phenoxy) is 1. The lowest BCUT2D eigenvalue weighted by molar-refractivity contribution is -0.123. The third-order valence-electron chi connectivity index (χ3n) is 7.72. The number of aryl methyl sites for hydroxylation is 2. The second-order valence-corrected chi connectivity index (χ2v) is 11.4. The number of rotatable bonds is 22. The van der Waals surface area contributed by atoms with Crippen molar-refractivity contribution in [1.29, 1.82) is 0 Å². The second-order valence-electron chi connectivity index (χ2n) is 11.4. The second kappa shape index (κ2) is 19.4. The Balaban J connectivity index is 1.77. The highest BCUT2D eigenvalue weighted by atomic mass is 16.5. The van der Waals surface area contributed by atoms with E-state index >= 15 is 0 Å². The van der Waals surface area contributed by atoms with Crippen molar-refractivity contribution in [3.05, 3.63) is 41.1 Å². The molecule has 1 unspecified atom stereocenters. The van der Waals surface area contributed by atoms with E-state index in [0.717, 1.165) is 25.0 Å². The molecular weight excluding hydrogens is 498 g/mol. The molecule has 0 fully saturated rings. The van der Waals surface area contributed by atoms with E-state index < -0.39 is 6.10 Å². The van der Waals surface area contributed by atoms with Gasteiger partial charge in [0.05, 0.1) is 0 Å². The van der Waals surface area contributed by atoms with Crippen LogP contribution in [0, 0.1) is 6.92 Å². The van der Waals surface area contributed by atoms with Gasteiger partial charge < -0.3 is 10.1 Å². The zero-order valence-electron chi connectivity index (χ0n) is 26.0. The van der Waals surface area contributed by atoms with Crippen LogP contribution in [-0.2, 0) is 18.3 Å². The van der Waals surface area contributed by atoms with Crippen LogP contribution in [0.1, 0.15) is 145 Å². The summed E-state index contributed by atoms with van der Waals surface area (Å²) in [6, 6.07) is 8.17. The topological polar surface area (TPSA) is 73.2 Å². The number of ketones is 1. The maximum absolute atomic E-state index is 13.2. The first-order valence-corrected chi connectivity index (χ1v) is 16.0. The Morgan fingerprint density at radius 1 is 0.875 bits per heavy atom. The molecule has 6 nitrogen and oxygen atoms in total. The van der Waals surface area contributed by atoms with Crippen LogP contribution in [-0.4, -0.2) is 27.6 Å². The molecule has 0 aliphatic carbocycles. The van der Waals surface area contributed by atoms with E-state index in [2.05, 4.69) is 36.4 Å². The fourth-order valence-electron chi connectivity index (χ4n) is 5.36. The average molecular weight is 554 g/mol. The summed E-state index contributed by atoms with van der Waals surface area (Å²) in [5.41, 5.74) is 2.43. The van der Waals surface area contributed by atoms with E-state index in [9.17, 15) is 9.59 Å². The largest absolute Gasteiger partial charge is 0.481 e. The maximum Gasteiger partial charge on any atom is 0.266 e. The van der Waals surface area contributed by atoms with Gasteiger partial charge in [-0.15, -0.1) is 0 Å². The molecule has 40 heavy (non-hydrogen) atoms. The van der Waals surface area contributed by atoms with Gasteiger partial charge in [0, 0.05) is 19.5 Å². The van der Waals surface area contributed by atoms with Crippen molar-refractivity contribution in [2.24, 2.45) is 7.05 Å². The summed E-state index contributed by atoms with van der Waals surface area (Å²) < 4.78 is 7.74. The molecule has 1 atom stereocenters. The minimum atomic E-state index is -0.617. The molecule has 2 rings (SSSR count). The molecule has 1 amide bonds. The smallest absolute Gasteiger partial charge is 0.266 e. The van der Waals surface area contributed by atoms with Crippen molar-refractivity contribution < 1.29 is 14.3 Å². The van der Waals surface area contributed by atoms with Crippen LogP contribution >= 0.6 is 0 Å². The van der Waals surface area contributed by atoms with Gasteiger partial charge in [-0.2, -0.15) is 5.10 Å². The summed E-state index contributed by atoms with van der Waals surface area (Å²) in [5, 5.41) is 7.25. The molecule has 1 aromatic carbocycles. The molecule has 0 aliphatic heterocycles. The van der Waals surface area contributed by atoms with E-state index in [4.69, 9.17) is 4.74 Å². The number of carbonyl (C=O) groups is 2.